The molecule has 13 heteroatoms. The molecule has 43 heavy (non-hydrogen) atoms. The van der Waals surface area contributed by atoms with Crippen LogP contribution in [0, 0.1) is 11.3 Å². The molecule has 4 rings (SSSR count). The zero-order chi connectivity index (χ0) is 29.5. The van der Waals surface area contributed by atoms with E-state index in [9.17, 15) is 16.8 Å². The number of nitriles is 1. The van der Waals surface area contributed by atoms with Gasteiger partial charge in [0, 0.05) is 35.2 Å². The van der Waals surface area contributed by atoms with Gasteiger partial charge < -0.3 is 11.1 Å². The number of para-hydroxylation sites is 2. The minimum absolute atomic E-state index is 0. The van der Waals surface area contributed by atoms with Crippen molar-refractivity contribution in [2.75, 3.05) is 12.3 Å². The second kappa shape index (κ2) is 16.3. The standard InChI is InChI=1S/C30H35N5O4S2.2ClH/c1-22(32)14-28(41(38,39)21-24-16-26-7-3-5-9-30(26)35-19-24)17-27(33-12-11-31)10-13-40(36,37)20-23-15-25-6-2-4-8-29(25)34-18-23;;/h2-9,15-16,18-19,22,27-28,33H,10,12-14,17,20-21,32H2,1H3;2*1H/t22?,27-,28?;;/m1../s1. The van der Waals surface area contributed by atoms with Gasteiger partial charge in [0.25, 0.3) is 0 Å². The van der Waals surface area contributed by atoms with Gasteiger partial charge in [0.15, 0.2) is 19.7 Å². The van der Waals surface area contributed by atoms with Crippen LogP contribution >= 0.6 is 24.8 Å². The van der Waals surface area contributed by atoms with Crippen LogP contribution in [-0.4, -0.2) is 56.4 Å². The maximum atomic E-state index is 13.6. The SMILES string of the molecule is CC(N)CC(C[C@@H](CCS(=O)(=O)Cc1cnc2ccccc2c1)NCC#N)S(=O)(=O)Cc1cnc2ccccc2c1.Cl.Cl. The van der Waals surface area contributed by atoms with E-state index >= 15 is 0 Å². The summed E-state index contributed by atoms with van der Waals surface area (Å²) in [6.07, 6.45) is 3.65. The first-order valence-electron chi connectivity index (χ1n) is 13.5. The molecule has 3 atom stereocenters. The summed E-state index contributed by atoms with van der Waals surface area (Å²) < 4.78 is 53.4. The number of pyridine rings is 2. The van der Waals surface area contributed by atoms with Crippen LogP contribution in [0.1, 0.15) is 37.3 Å². The molecule has 0 radical (unpaired) electrons. The Kier molecular flexibility index (Phi) is 13.8. The monoisotopic (exact) mass is 665 g/mol. The number of nitrogens with two attached hydrogens (primary N) is 1. The van der Waals surface area contributed by atoms with E-state index in [-0.39, 0.29) is 73.9 Å². The third kappa shape index (κ3) is 10.7. The number of aromatic nitrogens is 2. The van der Waals surface area contributed by atoms with E-state index in [2.05, 4.69) is 15.3 Å². The lowest BCUT2D eigenvalue weighted by atomic mass is 10.0. The Bertz CT molecular complexity index is 1760. The van der Waals surface area contributed by atoms with Gasteiger partial charge in [0.05, 0.1) is 46.2 Å². The van der Waals surface area contributed by atoms with Gasteiger partial charge >= 0.3 is 0 Å². The first kappa shape index (κ1) is 36.3. The zero-order valence-corrected chi connectivity index (χ0v) is 27.1. The minimum Gasteiger partial charge on any atom is -0.328 e. The number of benzene rings is 2. The highest BCUT2D eigenvalue weighted by molar-refractivity contribution is 7.91. The molecule has 2 aromatic carbocycles. The molecule has 0 aliphatic carbocycles. The van der Waals surface area contributed by atoms with Crippen LogP contribution in [0.2, 0.25) is 0 Å². The lowest BCUT2D eigenvalue weighted by molar-refractivity contribution is 0.448. The van der Waals surface area contributed by atoms with Crippen LogP contribution in [0.5, 0.6) is 0 Å². The molecule has 0 bridgehead atoms. The minimum atomic E-state index is -3.68. The molecule has 2 heterocycles. The highest BCUT2D eigenvalue weighted by Crippen LogP contribution is 2.23. The Morgan fingerprint density at radius 3 is 1.93 bits per heavy atom. The number of halogens is 2. The van der Waals surface area contributed by atoms with Crippen molar-refractivity contribution in [1.82, 2.24) is 15.3 Å². The fourth-order valence-electron chi connectivity index (χ4n) is 5.00. The predicted molar refractivity (Wildman–Crippen MR) is 177 cm³/mol. The highest BCUT2D eigenvalue weighted by atomic mass is 35.5. The van der Waals surface area contributed by atoms with Crippen molar-refractivity contribution >= 4 is 66.3 Å². The molecule has 0 saturated heterocycles. The van der Waals surface area contributed by atoms with E-state index in [1.807, 2.05) is 66.7 Å². The normalized spacial score (nSPS) is 13.8. The molecule has 2 aromatic heterocycles. The molecule has 2 unspecified atom stereocenters. The maximum absolute atomic E-state index is 13.6. The van der Waals surface area contributed by atoms with Crippen LogP contribution in [0.3, 0.4) is 0 Å². The number of sulfone groups is 2. The van der Waals surface area contributed by atoms with Crippen molar-refractivity contribution in [2.45, 2.75) is 55.0 Å². The Morgan fingerprint density at radius 1 is 0.860 bits per heavy atom. The third-order valence-corrected chi connectivity index (χ3v) is 10.8. The number of rotatable bonds is 14. The average molecular weight is 667 g/mol. The van der Waals surface area contributed by atoms with Gasteiger partial charge in [-0.2, -0.15) is 5.26 Å². The van der Waals surface area contributed by atoms with Gasteiger partial charge in [-0.25, -0.2) is 16.8 Å². The topological polar surface area (TPSA) is 156 Å². The van der Waals surface area contributed by atoms with E-state index in [1.54, 1.807) is 19.3 Å². The zero-order valence-electron chi connectivity index (χ0n) is 23.8. The van der Waals surface area contributed by atoms with Crippen molar-refractivity contribution < 1.29 is 16.8 Å². The van der Waals surface area contributed by atoms with E-state index in [4.69, 9.17) is 11.0 Å². The van der Waals surface area contributed by atoms with Crippen LogP contribution in [0.25, 0.3) is 21.8 Å². The Balaban J connectivity index is 0.00000323. The van der Waals surface area contributed by atoms with Crippen LogP contribution in [0.4, 0.5) is 0 Å². The molecule has 0 spiro atoms. The first-order chi connectivity index (χ1) is 19.5. The molecular formula is C30H37Cl2N5O4S2. The molecule has 4 aromatic rings. The Hall–Kier alpha value is -2.85. The summed E-state index contributed by atoms with van der Waals surface area (Å²) in [6.45, 7) is 1.72. The fourth-order valence-corrected chi connectivity index (χ4v) is 8.44. The second-order valence-corrected chi connectivity index (χ2v) is 15.0. The smallest absolute Gasteiger partial charge is 0.157 e. The summed E-state index contributed by atoms with van der Waals surface area (Å²) in [5.41, 5.74) is 8.78. The van der Waals surface area contributed by atoms with Gasteiger partial charge in [-0.15, -0.1) is 24.8 Å². The van der Waals surface area contributed by atoms with E-state index < -0.39 is 31.0 Å². The predicted octanol–water partition coefficient (Wildman–Crippen LogP) is 4.52. The molecule has 0 aliphatic heterocycles. The quantitative estimate of drug-likeness (QED) is 0.185. The second-order valence-electron chi connectivity index (χ2n) is 10.6. The van der Waals surface area contributed by atoms with E-state index in [0.29, 0.717) is 11.1 Å². The number of nitrogens with zero attached hydrogens (tertiary/aromatic N) is 3. The van der Waals surface area contributed by atoms with Crippen LogP contribution < -0.4 is 11.1 Å². The van der Waals surface area contributed by atoms with Gasteiger partial charge in [-0.3, -0.25) is 9.97 Å². The summed E-state index contributed by atoms with van der Waals surface area (Å²) >= 11 is 0. The molecule has 0 amide bonds. The van der Waals surface area contributed by atoms with Crippen molar-refractivity contribution in [1.29, 1.82) is 5.26 Å². The number of nitrogens with one attached hydrogen (secondary N) is 1. The molecule has 3 N–H and O–H groups in total. The van der Waals surface area contributed by atoms with E-state index in [1.165, 1.54) is 0 Å². The molecular weight excluding hydrogens is 629 g/mol. The van der Waals surface area contributed by atoms with E-state index in [0.717, 1.165) is 21.8 Å². The highest BCUT2D eigenvalue weighted by Gasteiger charge is 2.30. The summed E-state index contributed by atoms with van der Waals surface area (Å²) in [5.74, 6) is -0.546. The molecule has 9 nitrogen and oxygen atoms in total. The summed E-state index contributed by atoms with van der Waals surface area (Å²) in [7, 11) is -7.22. The summed E-state index contributed by atoms with van der Waals surface area (Å²) in [6, 6.07) is 19.7. The first-order valence-corrected chi connectivity index (χ1v) is 17.0. The fraction of sp³-hybridized carbons (Fsp3) is 0.367. The Morgan fingerprint density at radius 2 is 1.40 bits per heavy atom. The van der Waals surface area contributed by atoms with Gasteiger partial charge in [0.2, 0.25) is 0 Å². The van der Waals surface area contributed by atoms with Crippen molar-refractivity contribution in [3.8, 4) is 6.07 Å². The molecule has 0 aliphatic rings. The van der Waals surface area contributed by atoms with Crippen LogP contribution in [0.15, 0.2) is 73.1 Å². The Labute approximate surface area is 266 Å². The van der Waals surface area contributed by atoms with Crippen LogP contribution in [-0.2, 0) is 31.2 Å². The molecule has 232 valence electrons. The lowest BCUT2D eigenvalue weighted by Gasteiger charge is -2.25. The molecule has 0 saturated carbocycles. The number of fused-ring (bicyclic) bond motifs is 2. The maximum Gasteiger partial charge on any atom is 0.157 e. The average Bonchev–Trinajstić information content (AvgIpc) is 2.93. The lowest BCUT2D eigenvalue weighted by Crippen LogP contribution is -2.39. The van der Waals surface area contributed by atoms with Crippen molar-refractivity contribution in [3.63, 3.8) is 0 Å². The van der Waals surface area contributed by atoms with Gasteiger partial charge in [-0.1, -0.05) is 36.4 Å². The molecule has 0 fully saturated rings. The van der Waals surface area contributed by atoms with Crippen molar-refractivity contribution in [3.05, 3.63) is 84.2 Å². The van der Waals surface area contributed by atoms with Gasteiger partial charge in [-0.05, 0) is 61.6 Å². The third-order valence-electron chi connectivity index (χ3n) is 6.99. The van der Waals surface area contributed by atoms with Gasteiger partial charge in [0.1, 0.15) is 0 Å². The number of hydrogen-bond acceptors (Lipinski definition) is 9. The largest absolute Gasteiger partial charge is 0.328 e. The summed E-state index contributed by atoms with van der Waals surface area (Å²) in [4.78, 5) is 8.74. The number of hydrogen-bond donors (Lipinski definition) is 2. The summed E-state index contributed by atoms with van der Waals surface area (Å²) in [5, 5.41) is 13.1. The van der Waals surface area contributed by atoms with Crippen molar-refractivity contribution in [2.24, 2.45) is 5.73 Å².